The van der Waals surface area contributed by atoms with Gasteiger partial charge in [-0.2, -0.15) is 5.26 Å². The minimum atomic E-state index is -0.0355. The molecule has 5 heteroatoms. The van der Waals surface area contributed by atoms with E-state index in [2.05, 4.69) is 16.4 Å². The number of aromatic amines is 1. The van der Waals surface area contributed by atoms with E-state index < -0.39 is 0 Å². The first-order valence-corrected chi connectivity index (χ1v) is 6.87. The van der Waals surface area contributed by atoms with Gasteiger partial charge in [-0.1, -0.05) is 30.0 Å². The smallest absolute Gasteiger partial charge is 0.235 e. The zero-order valence-corrected chi connectivity index (χ0v) is 10.9. The van der Waals surface area contributed by atoms with Gasteiger partial charge >= 0.3 is 0 Å². The Hall–Kier alpha value is -2.19. The number of carbonyl (C=O) groups is 1. The molecule has 2 N–H and O–H groups in total. The molecule has 1 aliphatic rings. The van der Waals surface area contributed by atoms with Crippen LogP contribution in [-0.4, -0.2) is 16.6 Å². The normalized spacial score (nSPS) is 17.3. The maximum Gasteiger partial charge on any atom is 0.235 e. The highest BCUT2D eigenvalue weighted by atomic mass is 32.2. The Balaban J connectivity index is 1.96. The number of carbonyl (C=O) groups excluding carboxylic acids is 1. The molecule has 0 spiro atoms. The highest BCUT2D eigenvalue weighted by Crippen LogP contribution is 2.26. The Kier molecular flexibility index (Phi) is 3.02. The molecule has 4 nitrogen and oxygen atoms in total. The molecule has 1 aromatic carbocycles. The number of para-hydroxylation sites is 1. The summed E-state index contributed by atoms with van der Waals surface area (Å²) in [5.74, 6) is 0.362. The van der Waals surface area contributed by atoms with Gasteiger partial charge in [0.1, 0.15) is 0 Å². The molecule has 2 aromatic rings. The van der Waals surface area contributed by atoms with Gasteiger partial charge < -0.3 is 10.3 Å². The highest BCUT2D eigenvalue weighted by molar-refractivity contribution is 8.04. The Bertz CT molecular complexity index is 724. The number of H-pyrrole nitrogens is 1. The van der Waals surface area contributed by atoms with E-state index in [0.29, 0.717) is 22.8 Å². The zero-order chi connectivity index (χ0) is 13.2. The van der Waals surface area contributed by atoms with Crippen molar-refractivity contribution in [1.29, 1.82) is 5.26 Å². The van der Waals surface area contributed by atoms with Crippen molar-refractivity contribution in [2.45, 2.75) is 6.42 Å². The molecule has 0 radical (unpaired) electrons. The van der Waals surface area contributed by atoms with E-state index in [9.17, 15) is 10.1 Å². The molecule has 0 atom stereocenters. The van der Waals surface area contributed by atoms with E-state index in [1.54, 1.807) is 0 Å². The number of nitrogens with zero attached hydrogens (tertiary/aromatic N) is 1. The van der Waals surface area contributed by atoms with Crippen molar-refractivity contribution in [2.24, 2.45) is 0 Å². The Morgan fingerprint density at radius 2 is 2.26 bits per heavy atom. The molecule has 3 rings (SSSR count). The quantitative estimate of drug-likeness (QED) is 0.822. The number of fused-ring (bicyclic) bond motifs is 1. The van der Waals surface area contributed by atoms with Crippen molar-refractivity contribution < 1.29 is 4.79 Å². The standard InChI is InChI=1S/C14H11N3OS/c15-6-9(14-17-13(18)8-19-14)5-10-7-16-12-4-2-1-3-11(10)12/h1-4,7,16H,5,8H2,(H,17,18)/b14-9+. The molecule has 0 unspecified atom stereocenters. The maximum atomic E-state index is 11.2. The molecule has 2 heterocycles. The van der Waals surface area contributed by atoms with E-state index in [-0.39, 0.29) is 5.91 Å². The van der Waals surface area contributed by atoms with Gasteiger partial charge in [0, 0.05) is 23.5 Å². The third-order valence-electron chi connectivity index (χ3n) is 3.05. The van der Waals surface area contributed by atoms with Crippen LogP contribution in [0.2, 0.25) is 0 Å². The molecule has 1 amide bonds. The molecular weight excluding hydrogens is 258 g/mol. The fourth-order valence-electron chi connectivity index (χ4n) is 2.14. The van der Waals surface area contributed by atoms with E-state index >= 15 is 0 Å². The van der Waals surface area contributed by atoms with Crippen molar-refractivity contribution in [3.05, 3.63) is 46.6 Å². The average molecular weight is 269 g/mol. The second-order valence-corrected chi connectivity index (χ2v) is 5.28. The van der Waals surface area contributed by atoms with E-state index in [4.69, 9.17) is 0 Å². The van der Waals surface area contributed by atoms with Crippen LogP contribution in [0.25, 0.3) is 10.9 Å². The molecule has 1 aromatic heterocycles. The summed E-state index contributed by atoms with van der Waals surface area (Å²) in [6.45, 7) is 0. The number of aromatic nitrogens is 1. The number of hydrogen-bond acceptors (Lipinski definition) is 3. The first-order valence-electron chi connectivity index (χ1n) is 5.89. The second-order valence-electron chi connectivity index (χ2n) is 4.29. The molecule has 0 saturated carbocycles. The SMILES string of the molecule is N#C/C(Cc1c[nH]c2ccccc12)=C1\NC(=O)CS1. The highest BCUT2D eigenvalue weighted by Gasteiger charge is 2.20. The van der Waals surface area contributed by atoms with Gasteiger partial charge in [0.25, 0.3) is 0 Å². The summed E-state index contributed by atoms with van der Waals surface area (Å²) >= 11 is 1.40. The first-order chi connectivity index (χ1) is 9.28. The van der Waals surface area contributed by atoms with Crippen molar-refractivity contribution in [2.75, 3.05) is 5.75 Å². The number of thioether (sulfide) groups is 1. The van der Waals surface area contributed by atoms with Crippen molar-refractivity contribution in [3.8, 4) is 6.07 Å². The van der Waals surface area contributed by atoms with Crippen LogP contribution in [0.15, 0.2) is 41.1 Å². The lowest BCUT2D eigenvalue weighted by Crippen LogP contribution is -2.15. The monoisotopic (exact) mass is 269 g/mol. The minimum Gasteiger partial charge on any atom is -0.361 e. The fourth-order valence-corrected chi connectivity index (χ4v) is 2.96. The van der Waals surface area contributed by atoms with Crippen LogP contribution in [0.3, 0.4) is 0 Å². The van der Waals surface area contributed by atoms with Crippen molar-refractivity contribution >= 4 is 28.6 Å². The van der Waals surface area contributed by atoms with Gasteiger partial charge in [0.2, 0.25) is 5.91 Å². The minimum absolute atomic E-state index is 0.0355. The van der Waals surface area contributed by atoms with Gasteiger partial charge in [-0.3, -0.25) is 4.79 Å². The number of nitrogens with one attached hydrogen (secondary N) is 2. The van der Waals surface area contributed by atoms with Crippen LogP contribution >= 0.6 is 11.8 Å². The van der Waals surface area contributed by atoms with Gasteiger partial charge in [-0.25, -0.2) is 0 Å². The fraction of sp³-hybridized carbons (Fsp3) is 0.143. The van der Waals surface area contributed by atoms with E-state index in [1.165, 1.54) is 11.8 Å². The zero-order valence-electron chi connectivity index (χ0n) is 10.1. The van der Waals surface area contributed by atoms with Crippen molar-refractivity contribution in [3.63, 3.8) is 0 Å². The summed E-state index contributed by atoms with van der Waals surface area (Å²) in [5.41, 5.74) is 2.74. The topological polar surface area (TPSA) is 68.7 Å². The Labute approximate surface area is 114 Å². The van der Waals surface area contributed by atoms with E-state index in [0.717, 1.165) is 16.5 Å². The maximum absolute atomic E-state index is 11.2. The van der Waals surface area contributed by atoms with Crippen LogP contribution in [0.1, 0.15) is 5.56 Å². The summed E-state index contributed by atoms with van der Waals surface area (Å²) in [6.07, 6.45) is 2.45. The molecule has 1 saturated heterocycles. The molecule has 0 bridgehead atoms. The molecule has 0 aliphatic carbocycles. The molecule has 94 valence electrons. The van der Waals surface area contributed by atoms with Crippen LogP contribution in [0.5, 0.6) is 0 Å². The Morgan fingerprint density at radius 3 is 3.00 bits per heavy atom. The summed E-state index contributed by atoms with van der Waals surface area (Å²) < 4.78 is 0. The lowest BCUT2D eigenvalue weighted by Gasteiger charge is -2.02. The summed E-state index contributed by atoms with van der Waals surface area (Å²) in [6, 6.07) is 10.2. The van der Waals surface area contributed by atoms with Gasteiger partial charge in [0.15, 0.2) is 0 Å². The largest absolute Gasteiger partial charge is 0.361 e. The first kappa shape index (κ1) is 11.9. The second kappa shape index (κ2) is 4.82. The third-order valence-corrected chi connectivity index (χ3v) is 4.10. The number of nitriles is 1. The number of amides is 1. The molecule has 1 aliphatic heterocycles. The predicted molar refractivity (Wildman–Crippen MR) is 75.2 cm³/mol. The number of allylic oxidation sites excluding steroid dienone is 1. The van der Waals surface area contributed by atoms with Crippen LogP contribution < -0.4 is 5.32 Å². The summed E-state index contributed by atoms with van der Waals surface area (Å²) in [7, 11) is 0. The lowest BCUT2D eigenvalue weighted by molar-refractivity contribution is -0.117. The van der Waals surface area contributed by atoms with E-state index in [1.807, 2.05) is 30.5 Å². The van der Waals surface area contributed by atoms with Gasteiger partial charge in [0.05, 0.1) is 22.4 Å². The number of hydrogen-bond donors (Lipinski definition) is 2. The van der Waals surface area contributed by atoms with Gasteiger partial charge in [-0.05, 0) is 11.6 Å². The number of benzene rings is 1. The Morgan fingerprint density at radius 1 is 1.42 bits per heavy atom. The third kappa shape index (κ3) is 2.23. The molecule has 1 fully saturated rings. The van der Waals surface area contributed by atoms with Crippen LogP contribution in [-0.2, 0) is 11.2 Å². The van der Waals surface area contributed by atoms with Crippen LogP contribution in [0, 0.1) is 11.3 Å². The number of rotatable bonds is 2. The predicted octanol–water partition coefficient (Wildman–Crippen LogP) is 2.31. The summed E-state index contributed by atoms with van der Waals surface area (Å²) in [4.78, 5) is 14.4. The van der Waals surface area contributed by atoms with Crippen molar-refractivity contribution in [1.82, 2.24) is 10.3 Å². The van der Waals surface area contributed by atoms with Crippen LogP contribution in [0.4, 0.5) is 0 Å². The molecular formula is C14H11N3OS. The lowest BCUT2D eigenvalue weighted by atomic mass is 10.1. The summed E-state index contributed by atoms with van der Waals surface area (Å²) in [5, 5.41) is 13.8. The van der Waals surface area contributed by atoms with Gasteiger partial charge in [-0.15, -0.1) is 0 Å². The average Bonchev–Trinajstić information content (AvgIpc) is 3.03. The molecule has 19 heavy (non-hydrogen) atoms.